The van der Waals surface area contributed by atoms with Gasteiger partial charge in [-0.3, -0.25) is 14.9 Å². The summed E-state index contributed by atoms with van der Waals surface area (Å²) in [5.74, 6) is -0.137. The lowest BCUT2D eigenvalue weighted by Gasteiger charge is -2.23. The van der Waals surface area contributed by atoms with Crippen LogP contribution in [0.15, 0.2) is 0 Å². The quantitative estimate of drug-likeness (QED) is 0.559. The molecule has 1 aliphatic heterocycles. The molecule has 98 valence electrons. The van der Waals surface area contributed by atoms with Crippen molar-refractivity contribution >= 4 is 11.8 Å². The van der Waals surface area contributed by atoms with Crippen LogP contribution in [-0.4, -0.2) is 50.7 Å². The van der Waals surface area contributed by atoms with E-state index in [-0.39, 0.29) is 30.4 Å². The zero-order chi connectivity index (χ0) is 12.7. The van der Waals surface area contributed by atoms with Crippen molar-refractivity contribution in [2.75, 3.05) is 26.8 Å². The van der Waals surface area contributed by atoms with Crippen LogP contribution in [0.5, 0.6) is 0 Å². The monoisotopic (exact) mass is 243 g/mol. The molecule has 0 radical (unpaired) electrons. The third-order valence-corrected chi connectivity index (χ3v) is 2.62. The fourth-order valence-corrected chi connectivity index (χ4v) is 1.80. The van der Waals surface area contributed by atoms with Gasteiger partial charge in [-0.05, 0) is 19.8 Å². The maximum absolute atomic E-state index is 11.5. The first-order valence-electron chi connectivity index (χ1n) is 5.93. The van der Waals surface area contributed by atoms with Crippen LogP contribution >= 0.6 is 0 Å². The Labute approximate surface area is 101 Å². The highest BCUT2D eigenvalue weighted by Crippen LogP contribution is 2.01. The summed E-state index contributed by atoms with van der Waals surface area (Å²) in [5, 5.41) is 8.49. The summed E-state index contributed by atoms with van der Waals surface area (Å²) in [6.07, 6.45) is 1.73. The van der Waals surface area contributed by atoms with Gasteiger partial charge in [0.15, 0.2) is 0 Å². The number of piperidine rings is 1. The second-order valence-electron chi connectivity index (χ2n) is 4.29. The van der Waals surface area contributed by atoms with Gasteiger partial charge in [-0.15, -0.1) is 0 Å². The van der Waals surface area contributed by atoms with Crippen LogP contribution in [-0.2, 0) is 14.3 Å². The lowest BCUT2D eigenvalue weighted by molar-refractivity contribution is -0.125. The molecule has 6 nitrogen and oxygen atoms in total. The molecule has 2 unspecified atom stereocenters. The van der Waals surface area contributed by atoms with E-state index in [4.69, 9.17) is 4.74 Å². The van der Waals surface area contributed by atoms with Gasteiger partial charge in [-0.1, -0.05) is 0 Å². The van der Waals surface area contributed by atoms with Gasteiger partial charge in [0.25, 0.3) is 0 Å². The molecular weight excluding hydrogens is 222 g/mol. The summed E-state index contributed by atoms with van der Waals surface area (Å²) in [6, 6.07) is -0.262. The van der Waals surface area contributed by atoms with Crippen LogP contribution in [0.4, 0.5) is 0 Å². The molecular formula is C11H21N3O3. The topological polar surface area (TPSA) is 79.5 Å². The first-order valence-corrected chi connectivity index (χ1v) is 5.93. The van der Waals surface area contributed by atoms with Crippen molar-refractivity contribution in [2.24, 2.45) is 0 Å². The molecule has 2 amide bonds. The van der Waals surface area contributed by atoms with Gasteiger partial charge in [0.05, 0.1) is 19.2 Å². The van der Waals surface area contributed by atoms with Gasteiger partial charge in [-0.25, -0.2) is 0 Å². The number of hydrogen-bond donors (Lipinski definition) is 3. The van der Waals surface area contributed by atoms with Gasteiger partial charge < -0.3 is 15.4 Å². The Hall–Kier alpha value is -1.14. The lowest BCUT2D eigenvalue weighted by atomic mass is 10.1. The highest BCUT2D eigenvalue weighted by atomic mass is 16.5. The van der Waals surface area contributed by atoms with Crippen LogP contribution in [0.2, 0.25) is 0 Å². The summed E-state index contributed by atoms with van der Waals surface area (Å²) in [4.78, 5) is 22.9. The number of ether oxygens (including phenoxy) is 1. The molecule has 6 heteroatoms. The van der Waals surface area contributed by atoms with Crippen LogP contribution in [0, 0.1) is 0 Å². The minimum atomic E-state index is -0.243. The third-order valence-electron chi connectivity index (χ3n) is 2.62. The zero-order valence-electron chi connectivity index (χ0n) is 10.4. The molecule has 0 saturated carbocycles. The molecule has 0 bridgehead atoms. The highest BCUT2D eigenvalue weighted by Gasteiger charge is 2.21. The Balaban J connectivity index is 2.20. The van der Waals surface area contributed by atoms with Gasteiger partial charge in [-0.2, -0.15) is 0 Å². The smallest absolute Gasteiger partial charge is 0.237 e. The van der Waals surface area contributed by atoms with Crippen molar-refractivity contribution in [1.29, 1.82) is 0 Å². The third kappa shape index (κ3) is 5.14. The second-order valence-corrected chi connectivity index (χ2v) is 4.29. The molecule has 2 atom stereocenters. The van der Waals surface area contributed by atoms with E-state index in [1.165, 1.54) is 0 Å². The Bertz CT molecular complexity index is 271. The van der Waals surface area contributed by atoms with E-state index in [0.29, 0.717) is 6.61 Å². The summed E-state index contributed by atoms with van der Waals surface area (Å²) in [5.41, 5.74) is 0. The summed E-state index contributed by atoms with van der Waals surface area (Å²) < 4.78 is 4.92. The van der Waals surface area contributed by atoms with Crippen molar-refractivity contribution in [3.63, 3.8) is 0 Å². The zero-order valence-corrected chi connectivity index (χ0v) is 10.4. The first kappa shape index (κ1) is 13.9. The van der Waals surface area contributed by atoms with Gasteiger partial charge in [0.1, 0.15) is 0 Å². The minimum absolute atomic E-state index is 0.0190. The number of carbonyl (C=O) groups is 2. The molecule has 0 aromatic heterocycles. The van der Waals surface area contributed by atoms with E-state index in [1.54, 1.807) is 7.11 Å². The second kappa shape index (κ2) is 7.24. The van der Waals surface area contributed by atoms with Gasteiger partial charge >= 0.3 is 0 Å². The van der Waals surface area contributed by atoms with E-state index in [1.807, 2.05) is 6.92 Å². The van der Waals surface area contributed by atoms with Gasteiger partial charge in [0, 0.05) is 19.7 Å². The Morgan fingerprint density at radius 3 is 3.06 bits per heavy atom. The number of rotatable bonds is 6. The molecule has 3 N–H and O–H groups in total. The average Bonchev–Trinajstić information content (AvgIpc) is 2.28. The summed E-state index contributed by atoms with van der Waals surface area (Å²) in [6.45, 7) is 3.24. The fourth-order valence-electron chi connectivity index (χ4n) is 1.80. The average molecular weight is 243 g/mol. The SMILES string of the molecule is COCC(C)NC(=O)CNC1CCCNC1=O. The van der Waals surface area contributed by atoms with Crippen molar-refractivity contribution in [3.05, 3.63) is 0 Å². The van der Waals surface area contributed by atoms with Crippen LogP contribution in [0.3, 0.4) is 0 Å². The molecule has 0 aromatic rings. The van der Waals surface area contributed by atoms with Crippen LogP contribution < -0.4 is 16.0 Å². The molecule has 0 spiro atoms. The number of hydrogen-bond acceptors (Lipinski definition) is 4. The number of carbonyl (C=O) groups excluding carboxylic acids is 2. The largest absolute Gasteiger partial charge is 0.383 e. The number of methoxy groups -OCH3 is 1. The van der Waals surface area contributed by atoms with Crippen molar-refractivity contribution < 1.29 is 14.3 Å². The molecule has 1 fully saturated rings. The molecule has 17 heavy (non-hydrogen) atoms. The molecule has 1 heterocycles. The van der Waals surface area contributed by atoms with Crippen molar-refractivity contribution in [2.45, 2.75) is 31.8 Å². The normalized spacial score (nSPS) is 21.8. The number of nitrogens with one attached hydrogen (secondary N) is 3. The molecule has 1 rings (SSSR count). The standard InChI is InChI=1S/C11H21N3O3/c1-8(7-17-2)14-10(15)6-13-9-4-3-5-12-11(9)16/h8-9,13H,3-7H2,1-2H3,(H,12,16)(H,14,15). The van der Waals surface area contributed by atoms with E-state index < -0.39 is 0 Å². The molecule has 0 aromatic carbocycles. The molecule has 1 saturated heterocycles. The van der Waals surface area contributed by atoms with Crippen molar-refractivity contribution in [1.82, 2.24) is 16.0 Å². The Kier molecular flexibility index (Phi) is 5.93. The minimum Gasteiger partial charge on any atom is -0.383 e. The Morgan fingerprint density at radius 2 is 2.41 bits per heavy atom. The molecule has 0 aliphatic carbocycles. The molecule has 1 aliphatic rings. The maximum Gasteiger partial charge on any atom is 0.237 e. The Morgan fingerprint density at radius 1 is 1.65 bits per heavy atom. The maximum atomic E-state index is 11.5. The predicted molar refractivity (Wildman–Crippen MR) is 63.5 cm³/mol. The van der Waals surface area contributed by atoms with E-state index in [2.05, 4.69) is 16.0 Å². The van der Waals surface area contributed by atoms with E-state index in [9.17, 15) is 9.59 Å². The summed E-state index contributed by atoms with van der Waals surface area (Å²) >= 11 is 0. The van der Waals surface area contributed by atoms with Crippen LogP contribution in [0.25, 0.3) is 0 Å². The van der Waals surface area contributed by atoms with Crippen LogP contribution in [0.1, 0.15) is 19.8 Å². The van der Waals surface area contributed by atoms with E-state index in [0.717, 1.165) is 19.4 Å². The first-order chi connectivity index (χ1) is 8.13. The lowest BCUT2D eigenvalue weighted by Crippen LogP contribution is -2.51. The summed E-state index contributed by atoms with van der Waals surface area (Å²) in [7, 11) is 1.59. The van der Waals surface area contributed by atoms with Gasteiger partial charge in [0.2, 0.25) is 11.8 Å². The fraction of sp³-hybridized carbons (Fsp3) is 0.818. The van der Waals surface area contributed by atoms with Crippen molar-refractivity contribution in [3.8, 4) is 0 Å². The highest BCUT2D eigenvalue weighted by molar-refractivity contribution is 5.84. The van der Waals surface area contributed by atoms with E-state index >= 15 is 0 Å². The predicted octanol–water partition coefficient (Wildman–Crippen LogP) is -0.994. The number of amides is 2.